The third-order valence-corrected chi connectivity index (χ3v) is 8.20. The van der Waals surface area contributed by atoms with Gasteiger partial charge in [-0.25, -0.2) is 13.4 Å². The number of carbonyl (C=O) groups is 1. The monoisotopic (exact) mass is 447 g/mol. The average molecular weight is 448 g/mol. The molecule has 0 atom stereocenters. The Morgan fingerprint density at radius 2 is 1.93 bits per heavy atom. The standard InChI is InChI=1S/C17H19Cl2N3O3S2/c1-10-11(2)26-17(20-10)21-16(23)12-5-7-22(8-6-12)27(24,25)15-9-13(18)3-4-14(15)19/h3-4,9,12H,5-8H2,1-2H3,(H,20,21,23). The molecule has 2 aromatic rings. The largest absolute Gasteiger partial charge is 0.302 e. The van der Waals surface area contributed by atoms with Gasteiger partial charge in [-0.3, -0.25) is 4.79 Å². The lowest BCUT2D eigenvalue weighted by Gasteiger charge is -2.30. The number of carbonyl (C=O) groups excluding carboxylic acids is 1. The maximum absolute atomic E-state index is 12.8. The zero-order chi connectivity index (χ0) is 19.8. The molecular formula is C17H19Cl2N3O3S2. The minimum atomic E-state index is -3.75. The van der Waals surface area contributed by atoms with E-state index in [0.29, 0.717) is 23.0 Å². The van der Waals surface area contributed by atoms with Crippen LogP contribution in [-0.2, 0) is 14.8 Å². The molecule has 1 aliphatic rings. The summed E-state index contributed by atoms with van der Waals surface area (Å²) in [6, 6.07) is 4.36. The Labute approximate surface area is 172 Å². The number of thiazole rings is 1. The van der Waals surface area contributed by atoms with Crippen LogP contribution in [0.3, 0.4) is 0 Å². The van der Waals surface area contributed by atoms with Crippen LogP contribution >= 0.6 is 34.5 Å². The number of rotatable bonds is 4. The Morgan fingerprint density at radius 3 is 2.52 bits per heavy atom. The van der Waals surface area contributed by atoms with E-state index in [1.165, 1.54) is 27.8 Å². The van der Waals surface area contributed by atoms with Crippen LogP contribution in [0.15, 0.2) is 23.1 Å². The Morgan fingerprint density at radius 1 is 1.26 bits per heavy atom. The zero-order valence-electron chi connectivity index (χ0n) is 14.8. The normalized spacial score (nSPS) is 16.4. The molecule has 1 N–H and O–H groups in total. The van der Waals surface area contributed by atoms with Crippen molar-refractivity contribution >= 4 is 55.6 Å². The molecular weight excluding hydrogens is 429 g/mol. The molecule has 1 fully saturated rings. The van der Waals surface area contributed by atoms with Crippen LogP contribution in [0.1, 0.15) is 23.4 Å². The quantitative estimate of drug-likeness (QED) is 0.764. The summed E-state index contributed by atoms with van der Waals surface area (Å²) in [6.07, 6.45) is 0.874. The molecule has 2 heterocycles. The Balaban J connectivity index is 1.65. The number of benzene rings is 1. The Bertz CT molecular complexity index is 948. The summed E-state index contributed by atoms with van der Waals surface area (Å²) >= 11 is 13.4. The predicted molar refractivity (Wildman–Crippen MR) is 108 cm³/mol. The summed E-state index contributed by atoms with van der Waals surface area (Å²) < 4.78 is 27.0. The third kappa shape index (κ3) is 4.46. The first-order valence-electron chi connectivity index (χ1n) is 8.38. The molecule has 146 valence electrons. The maximum Gasteiger partial charge on any atom is 0.244 e. The summed E-state index contributed by atoms with van der Waals surface area (Å²) in [5.74, 6) is -0.377. The molecule has 1 aliphatic heterocycles. The molecule has 6 nitrogen and oxygen atoms in total. The summed E-state index contributed by atoms with van der Waals surface area (Å²) in [6.45, 7) is 4.34. The number of nitrogens with one attached hydrogen (secondary N) is 1. The number of amides is 1. The number of nitrogens with zero attached hydrogens (tertiary/aromatic N) is 2. The molecule has 0 unspecified atom stereocenters. The van der Waals surface area contributed by atoms with E-state index in [0.717, 1.165) is 10.6 Å². The highest BCUT2D eigenvalue weighted by molar-refractivity contribution is 7.89. The van der Waals surface area contributed by atoms with Gasteiger partial charge in [0.05, 0.1) is 10.7 Å². The molecule has 3 rings (SSSR count). The van der Waals surface area contributed by atoms with E-state index in [9.17, 15) is 13.2 Å². The van der Waals surface area contributed by atoms with Crippen LogP contribution in [0, 0.1) is 19.8 Å². The molecule has 0 aliphatic carbocycles. The van der Waals surface area contributed by atoms with Crippen LogP contribution in [0.25, 0.3) is 0 Å². The zero-order valence-corrected chi connectivity index (χ0v) is 18.0. The highest BCUT2D eigenvalue weighted by Gasteiger charge is 2.33. The lowest BCUT2D eigenvalue weighted by molar-refractivity contribution is -0.120. The van der Waals surface area contributed by atoms with Crippen molar-refractivity contribution in [3.05, 3.63) is 38.8 Å². The number of anilines is 1. The topological polar surface area (TPSA) is 79.4 Å². The van der Waals surface area contributed by atoms with E-state index in [-0.39, 0.29) is 34.8 Å². The highest BCUT2D eigenvalue weighted by atomic mass is 35.5. The second-order valence-electron chi connectivity index (χ2n) is 6.40. The van der Waals surface area contributed by atoms with Crippen molar-refractivity contribution in [2.45, 2.75) is 31.6 Å². The second-order valence-corrected chi connectivity index (χ2v) is 10.4. The number of aromatic nitrogens is 1. The number of hydrogen-bond acceptors (Lipinski definition) is 5. The number of aryl methyl sites for hydroxylation is 2. The first-order chi connectivity index (χ1) is 12.7. The van der Waals surface area contributed by atoms with Gasteiger partial charge in [0.15, 0.2) is 5.13 Å². The van der Waals surface area contributed by atoms with Crippen LogP contribution in [-0.4, -0.2) is 36.7 Å². The minimum absolute atomic E-state index is 0.00620. The number of hydrogen-bond donors (Lipinski definition) is 1. The third-order valence-electron chi connectivity index (χ3n) is 4.59. The molecule has 10 heteroatoms. The smallest absolute Gasteiger partial charge is 0.244 e. The molecule has 0 radical (unpaired) electrons. The van der Waals surface area contributed by atoms with E-state index in [1.807, 2.05) is 13.8 Å². The van der Waals surface area contributed by atoms with Crippen molar-refractivity contribution in [2.75, 3.05) is 18.4 Å². The van der Waals surface area contributed by atoms with Gasteiger partial charge in [0.1, 0.15) is 4.90 Å². The van der Waals surface area contributed by atoms with E-state index in [1.54, 1.807) is 6.07 Å². The number of piperidine rings is 1. The van der Waals surface area contributed by atoms with Gasteiger partial charge in [-0.2, -0.15) is 4.31 Å². The minimum Gasteiger partial charge on any atom is -0.302 e. The van der Waals surface area contributed by atoms with Crippen molar-refractivity contribution in [3.8, 4) is 0 Å². The van der Waals surface area contributed by atoms with E-state index in [2.05, 4.69) is 10.3 Å². The Kier molecular flexibility index (Phi) is 6.12. The van der Waals surface area contributed by atoms with Crippen molar-refractivity contribution < 1.29 is 13.2 Å². The van der Waals surface area contributed by atoms with E-state index >= 15 is 0 Å². The summed E-state index contributed by atoms with van der Waals surface area (Å²) in [5.41, 5.74) is 0.898. The van der Waals surface area contributed by atoms with Gasteiger partial charge in [0, 0.05) is 28.9 Å². The first kappa shape index (κ1) is 20.5. The summed E-state index contributed by atoms with van der Waals surface area (Å²) in [4.78, 5) is 17.8. The van der Waals surface area contributed by atoms with Crippen LogP contribution in [0.2, 0.25) is 10.0 Å². The number of sulfonamides is 1. The van der Waals surface area contributed by atoms with E-state index in [4.69, 9.17) is 23.2 Å². The second kappa shape index (κ2) is 8.05. The average Bonchev–Trinajstić information content (AvgIpc) is 2.94. The lowest BCUT2D eigenvalue weighted by Crippen LogP contribution is -2.41. The SMILES string of the molecule is Cc1nc(NC(=O)C2CCN(S(=O)(=O)c3cc(Cl)ccc3Cl)CC2)sc1C. The molecule has 1 aromatic heterocycles. The fraction of sp³-hybridized carbons (Fsp3) is 0.412. The fourth-order valence-electron chi connectivity index (χ4n) is 2.91. The maximum atomic E-state index is 12.8. The van der Waals surface area contributed by atoms with Gasteiger partial charge in [0.25, 0.3) is 0 Å². The molecule has 0 bridgehead atoms. The first-order valence-corrected chi connectivity index (χ1v) is 11.4. The van der Waals surface area contributed by atoms with E-state index < -0.39 is 10.0 Å². The molecule has 27 heavy (non-hydrogen) atoms. The Hall–Kier alpha value is -1.19. The van der Waals surface area contributed by atoms with Crippen molar-refractivity contribution in [2.24, 2.45) is 5.92 Å². The van der Waals surface area contributed by atoms with Gasteiger partial charge in [-0.1, -0.05) is 23.2 Å². The molecule has 1 saturated heterocycles. The van der Waals surface area contributed by atoms with Gasteiger partial charge < -0.3 is 5.32 Å². The lowest BCUT2D eigenvalue weighted by atomic mass is 9.97. The molecule has 0 saturated carbocycles. The number of halogens is 2. The van der Waals surface area contributed by atoms with Gasteiger partial charge >= 0.3 is 0 Å². The fourth-order valence-corrected chi connectivity index (χ4v) is 5.93. The predicted octanol–water partition coefficient (Wildman–Crippen LogP) is 4.11. The summed E-state index contributed by atoms with van der Waals surface area (Å²) in [7, 11) is -3.75. The molecule has 1 aromatic carbocycles. The van der Waals surface area contributed by atoms with Gasteiger partial charge in [-0.05, 0) is 44.9 Å². The molecule has 0 spiro atoms. The van der Waals surface area contributed by atoms with Crippen molar-refractivity contribution in [3.63, 3.8) is 0 Å². The summed E-state index contributed by atoms with van der Waals surface area (Å²) in [5, 5.41) is 3.86. The van der Waals surface area contributed by atoms with Crippen molar-refractivity contribution in [1.82, 2.24) is 9.29 Å². The van der Waals surface area contributed by atoms with Gasteiger partial charge in [-0.15, -0.1) is 11.3 Å². The van der Waals surface area contributed by atoms with Crippen LogP contribution < -0.4 is 5.32 Å². The van der Waals surface area contributed by atoms with Crippen LogP contribution in [0.5, 0.6) is 0 Å². The van der Waals surface area contributed by atoms with Gasteiger partial charge in [0.2, 0.25) is 15.9 Å². The van der Waals surface area contributed by atoms with Crippen LogP contribution in [0.4, 0.5) is 5.13 Å². The van der Waals surface area contributed by atoms with Crippen molar-refractivity contribution in [1.29, 1.82) is 0 Å². The molecule has 1 amide bonds. The highest BCUT2D eigenvalue weighted by Crippen LogP contribution is 2.31.